The van der Waals surface area contributed by atoms with Crippen LogP contribution in [0.15, 0.2) is 42.6 Å². The molecule has 2 aromatic heterocycles. The van der Waals surface area contributed by atoms with E-state index in [0.717, 1.165) is 47.9 Å². The third kappa shape index (κ3) is 3.35. The summed E-state index contributed by atoms with van der Waals surface area (Å²) < 4.78 is 0. The summed E-state index contributed by atoms with van der Waals surface area (Å²) in [6.45, 7) is 1.97. The number of fused-ring (bicyclic) bond motifs is 1. The molecular weight excluding hydrogens is 324 g/mol. The van der Waals surface area contributed by atoms with E-state index in [1.54, 1.807) is 0 Å². The van der Waals surface area contributed by atoms with E-state index in [2.05, 4.69) is 25.6 Å². The maximum Gasteiger partial charge on any atom is 0.224 e. The van der Waals surface area contributed by atoms with Crippen molar-refractivity contribution in [3.8, 4) is 11.4 Å². The Morgan fingerprint density at radius 3 is 2.73 bits per heavy atom. The summed E-state index contributed by atoms with van der Waals surface area (Å²) in [6.07, 6.45) is 5.09. The van der Waals surface area contributed by atoms with Crippen LogP contribution in [-0.4, -0.2) is 27.0 Å². The minimum absolute atomic E-state index is 0.169. The van der Waals surface area contributed by atoms with Gasteiger partial charge in [-0.15, -0.1) is 0 Å². The third-order valence-electron chi connectivity index (χ3n) is 4.61. The van der Waals surface area contributed by atoms with Gasteiger partial charge in [-0.25, -0.2) is 15.0 Å². The Balaban J connectivity index is 1.62. The van der Waals surface area contributed by atoms with E-state index in [0.29, 0.717) is 5.95 Å². The number of aryl methyl sites for hydroxylation is 2. The van der Waals surface area contributed by atoms with Gasteiger partial charge in [0.1, 0.15) is 5.82 Å². The maximum atomic E-state index is 4.83. The predicted molar refractivity (Wildman–Crippen MR) is 103 cm³/mol. The number of nitrogens with zero attached hydrogens (tertiary/aromatic N) is 4. The summed E-state index contributed by atoms with van der Waals surface area (Å²) in [4.78, 5) is 18.3. The average molecular weight is 346 g/mol. The minimum Gasteiger partial charge on any atom is -0.363 e. The van der Waals surface area contributed by atoms with Crippen molar-refractivity contribution in [2.75, 3.05) is 17.7 Å². The van der Waals surface area contributed by atoms with Gasteiger partial charge in [0, 0.05) is 41.8 Å². The highest BCUT2D eigenvalue weighted by atomic mass is 15.1. The molecule has 2 N–H and O–H groups in total. The lowest BCUT2D eigenvalue weighted by Crippen LogP contribution is -2.20. The van der Waals surface area contributed by atoms with Gasteiger partial charge >= 0.3 is 0 Å². The van der Waals surface area contributed by atoms with Gasteiger partial charge in [-0.05, 0) is 26.2 Å². The zero-order chi connectivity index (χ0) is 17.9. The minimum atomic E-state index is 0.169. The molecule has 2 heterocycles. The number of anilines is 2. The average Bonchev–Trinajstić information content (AvgIpc) is 2.68. The monoisotopic (exact) mass is 346 g/mol. The van der Waals surface area contributed by atoms with Gasteiger partial charge < -0.3 is 10.6 Å². The smallest absolute Gasteiger partial charge is 0.224 e. The number of hydrogen-bond acceptors (Lipinski definition) is 6. The molecule has 0 saturated heterocycles. The molecule has 132 valence electrons. The van der Waals surface area contributed by atoms with Crippen molar-refractivity contribution in [3.63, 3.8) is 0 Å². The molecular formula is C20H22N6. The van der Waals surface area contributed by atoms with Crippen LogP contribution in [-0.2, 0) is 6.42 Å². The SMILES string of the molecule is CNc1nc(C)cc(NC2CCCc3nc(-c4ccccc4)ncc32)n1. The fourth-order valence-electron chi connectivity index (χ4n) is 3.36. The third-order valence-corrected chi connectivity index (χ3v) is 4.61. The fraction of sp³-hybridized carbons (Fsp3) is 0.300. The maximum absolute atomic E-state index is 4.83. The van der Waals surface area contributed by atoms with Gasteiger partial charge in [0.2, 0.25) is 5.95 Å². The van der Waals surface area contributed by atoms with Gasteiger partial charge in [0.25, 0.3) is 0 Å². The van der Waals surface area contributed by atoms with Crippen molar-refractivity contribution in [1.29, 1.82) is 0 Å². The number of aromatic nitrogens is 4. The topological polar surface area (TPSA) is 75.6 Å². The van der Waals surface area contributed by atoms with Crippen molar-refractivity contribution < 1.29 is 0 Å². The standard InChI is InChI=1S/C20H22N6/c1-13-11-18(26-20(21-2)23-13)24-16-9-6-10-17-15(16)12-22-19(25-17)14-7-4-3-5-8-14/h3-5,7-8,11-12,16H,6,9-10H2,1-2H3,(H2,21,23,24,26). The summed E-state index contributed by atoms with van der Waals surface area (Å²) in [7, 11) is 1.83. The Labute approximate surface area is 153 Å². The van der Waals surface area contributed by atoms with E-state index < -0.39 is 0 Å². The summed E-state index contributed by atoms with van der Waals surface area (Å²) in [5.41, 5.74) is 4.27. The molecule has 0 spiro atoms. The Morgan fingerprint density at radius 2 is 1.92 bits per heavy atom. The Hall–Kier alpha value is -3.02. The Morgan fingerprint density at radius 1 is 1.08 bits per heavy atom. The lowest BCUT2D eigenvalue weighted by Gasteiger charge is -2.26. The quantitative estimate of drug-likeness (QED) is 0.749. The van der Waals surface area contributed by atoms with Crippen LogP contribution in [0.4, 0.5) is 11.8 Å². The fourth-order valence-corrected chi connectivity index (χ4v) is 3.36. The molecule has 0 radical (unpaired) electrons. The second kappa shape index (κ2) is 7.07. The molecule has 1 aliphatic rings. The molecule has 26 heavy (non-hydrogen) atoms. The second-order valence-corrected chi connectivity index (χ2v) is 6.52. The highest BCUT2D eigenvalue weighted by Gasteiger charge is 2.23. The zero-order valence-electron chi connectivity index (χ0n) is 15.0. The molecule has 0 bridgehead atoms. The normalized spacial score (nSPS) is 16.0. The second-order valence-electron chi connectivity index (χ2n) is 6.52. The first-order valence-electron chi connectivity index (χ1n) is 8.94. The first kappa shape index (κ1) is 16.4. The van der Waals surface area contributed by atoms with Gasteiger partial charge in [-0.3, -0.25) is 0 Å². The molecule has 1 aromatic carbocycles. The summed E-state index contributed by atoms with van der Waals surface area (Å²) in [5, 5.41) is 6.54. The van der Waals surface area contributed by atoms with Crippen LogP contribution in [0.5, 0.6) is 0 Å². The molecule has 1 atom stereocenters. The Kier molecular flexibility index (Phi) is 4.48. The lowest BCUT2D eigenvalue weighted by atomic mass is 9.92. The van der Waals surface area contributed by atoms with Crippen LogP contribution in [0.1, 0.15) is 35.8 Å². The highest BCUT2D eigenvalue weighted by molar-refractivity contribution is 5.55. The van der Waals surface area contributed by atoms with Gasteiger partial charge in [-0.2, -0.15) is 4.98 Å². The van der Waals surface area contributed by atoms with Crippen LogP contribution >= 0.6 is 0 Å². The first-order chi connectivity index (χ1) is 12.7. The lowest BCUT2D eigenvalue weighted by molar-refractivity contribution is 0.583. The van der Waals surface area contributed by atoms with Crippen LogP contribution in [0, 0.1) is 6.92 Å². The van der Waals surface area contributed by atoms with E-state index in [4.69, 9.17) is 4.98 Å². The first-order valence-corrected chi connectivity index (χ1v) is 8.94. The number of benzene rings is 1. The molecule has 0 aliphatic heterocycles. The molecule has 0 fully saturated rings. The number of hydrogen-bond donors (Lipinski definition) is 2. The van der Waals surface area contributed by atoms with E-state index in [-0.39, 0.29) is 6.04 Å². The van der Waals surface area contributed by atoms with E-state index in [1.807, 2.05) is 56.6 Å². The largest absolute Gasteiger partial charge is 0.363 e. The molecule has 1 unspecified atom stereocenters. The molecule has 6 heteroatoms. The molecule has 4 rings (SSSR count). The van der Waals surface area contributed by atoms with E-state index >= 15 is 0 Å². The van der Waals surface area contributed by atoms with Crippen molar-refractivity contribution in [2.45, 2.75) is 32.2 Å². The van der Waals surface area contributed by atoms with Gasteiger partial charge in [0.05, 0.1) is 6.04 Å². The molecule has 6 nitrogen and oxygen atoms in total. The molecule has 3 aromatic rings. The molecule has 0 saturated carbocycles. The van der Waals surface area contributed by atoms with E-state index in [9.17, 15) is 0 Å². The van der Waals surface area contributed by atoms with Gasteiger partial charge in [-0.1, -0.05) is 30.3 Å². The van der Waals surface area contributed by atoms with Crippen LogP contribution in [0.25, 0.3) is 11.4 Å². The summed E-state index contributed by atoms with van der Waals surface area (Å²) >= 11 is 0. The summed E-state index contributed by atoms with van der Waals surface area (Å²) in [5.74, 6) is 2.24. The highest BCUT2D eigenvalue weighted by Crippen LogP contribution is 2.32. The molecule has 0 amide bonds. The predicted octanol–water partition coefficient (Wildman–Crippen LogP) is 3.77. The summed E-state index contributed by atoms with van der Waals surface area (Å²) in [6, 6.07) is 12.3. The molecule has 1 aliphatic carbocycles. The van der Waals surface area contributed by atoms with Crippen LogP contribution < -0.4 is 10.6 Å². The van der Waals surface area contributed by atoms with Crippen LogP contribution in [0.2, 0.25) is 0 Å². The Bertz CT molecular complexity index is 909. The number of nitrogens with one attached hydrogen (secondary N) is 2. The van der Waals surface area contributed by atoms with Crippen molar-refractivity contribution >= 4 is 11.8 Å². The van der Waals surface area contributed by atoms with Crippen molar-refractivity contribution in [1.82, 2.24) is 19.9 Å². The van der Waals surface area contributed by atoms with Gasteiger partial charge in [0.15, 0.2) is 5.82 Å². The van der Waals surface area contributed by atoms with Crippen molar-refractivity contribution in [3.05, 3.63) is 59.5 Å². The van der Waals surface area contributed by atoms with E-state index in [1.165, 1.54) is 5.56 Å². The van der Waals surface area contributed by atoms with Crippen LogP contribution in [0.3, 0.4) is 0 Å². The number of rotatable bonds is 4. The van der Waals surface area contributed by atoms with Crippen molar-refractivity contribution in [2.24, 2.45) is 0 Å². The zero-order valence-corrected chi connectivity index (χ0v) is 15.0.